The van der Waals surface area contributed by atoms with Crippen molar-refractivity contribution in [2.45, 2.75) is 50.6 Å². The number of nitrogens with zero attached hydrogens (tertiary/aromatic N) is 2. The summed E-state index contributed by atoms with van der Waals surface area (Å²) in [5.41, 5.74) is 4.73. The molecule has 2 heterocycles. The van der Waals surface area contributed by atoms with Crippen LogP contribution in [0.3, 0.4) is 0 Å². The number of ketones is 1. The molecule has 4 amide bonds. The predicted octanol–water partition coefficient (Wildman–Crippen LogP) is 8.33. The summed E-state index contributed by atoms with van der Waals surface area (Å²) in [6.45, 7) is 6.09. The Morgan fingerprint density at radius 2 is 1.57 bits per heavy atom. The number of thioether (sulfide) groups is 1. The number of nitrogens with one attached hydrogen (secondary N) is 2. The van der Waals surface area contributed by atoms with E-state index in [-0.39, 0.29) is 46.3 Å². The summed E-state index contributed by atoms with van der Waals surface area (Å²) < 4.78 is 28.7. The van der Waals surface area contributed by atoms with Crippen LogP contribution in [0.2, 0.25) is 0 Å². The lowest BCUT2D eigenvalue weighted by molar-refractivity contribution is -0.119. The highest BCUT2D eigenvalue weighted by Crippen LogP contribution is 2.31. The monoisotopic (exact) mass is 840 g/mol. The zero-order chi connectivity index (χ0) is 43.0. The van der Waals surface area contributed by atoms with Crippen LogP contribution in [0.1, 0.15) is 63.2 Å². The summed E-state index contributed by atoms with van der Waals surface area (Å²) in [5, 5.41) is 4.46. The molecule has 9 nitrogen and oxygen atoms in total. The van der Waals surface area contributed by atoms with Crippen LogP contribution in [-0.2, 0) is 22.6 Å². The lowest BCUT2D eigenvalue weighted by Crippen LogP contribution is -2.44. The van der Waals surface area contributed by atoms with Gasteiger partial charge >= 0.3 is 0 Å². The summed E-state index contributed by atoms with van der Waals surface area (Å²) >= 11 is 0.975. The highest BCUT2D eigenvalue weighted by atomic mass is 32.2. The lowest BCUT2D eigenvalue weighted by atomic mass is 9.97. The van der Waals surface area contributed by atoms with E-state index in [1.165, 1.54) is 18.2 Å². The Hall–Kier alpha value is -6.24. The Morgan fingerprint density at radius 3 is 2.28 bits per heavy atom. The summed E-state index contributed by atoms with van der Waals surface area (Å²) in [6, 6.07) is 34.2. The van der Waals surface area contributed by atoms with Gasteiger partial charge in [0.1, 0.15) is 11.6 Å². The highest BCUT2D eigenvalue weighted by molar-refractivity contribution is 8.15. The lowest BCUT2D eigenvalue weighted by Gasteiger charge is -2.31. The van der Waals surface area contributed by atoms with Gasteiger partial charge in [0.25, 0.3) is 11.1 Å². The van der Waals surface area contributed by atoms with Crippen molar-refractivity contribution in [3.8, 4) is 11.1 Å². The molecule has 7 rings (SSSR count). The van der Waals surface area contributed by atoms with Gasteiger partial charge in [0.05, 0.1) is 22.4 Å². The van der Waals surface area contributed by atoms with Crippen LogP contribution in [0.5, 0.6) is 0 Å². The molecule has 0 radical (unpaired) electrons. The summed E-state index contributed by atoms with van der Waals surface area (Å²) in [7, 11) is 0. The number of carbonyl (C=O) groups is 5. The molecule has 0 aromatic heterocycles. The number of benzene rings is 5. The quantitative estimate of drug-likeness (QED) is 0.0805. The molecule has 2 N–H and O–H groups in total. The summed E-state index contributed by atoms with van der Waals surface area (Å²) in [6.07, 6.45) is 4.03. The number of imide groups is 1. The Labute approximate surface area is 358 Å². The number of carbonyl (C=O) groups excluding carboxylic acids is 5. The maximum atomic E-state index is 14.9. The van der Waals surface area contributed by atoms with E-state index in [0.29, 0.717) is 37.9 Å². The van der Waals surface area contributed by atoms with Gasteiger partial charge in [0.2, 0.25) is 11.8 Å². The smallest absolute Gasteiger partial charge is 0.286 e. The fourth-order valence-corrected chi connectivity index (χ4v) is 8.84. The van der Waals surface area contributed by atoms with Crippen LogP contribution in [0.4, 0.5) is 13.6 Å². The maximum absolute atomic E-state index is 14.9. The molecule has 0 spiro atoms. The standard InChI is InChI=1S/C49H46F2N4O5S/c1-31(2)28-54(29-35-12-6-7-13-39(35)34-10-4-3-5-11-34)38-26-37(27-52-45(56)23-20-32-16-18-33(19-17-32)24-44-47(58)53-49(60)61-44)55(30-38)48(59)41-15-9-8-14-40(41)46(57)42-22-21-36(50)25-43(42)51/h3-23,25,31,37-38,44H,24,26-30H2,1-2H3,(H,52,56)(H,53,58,60)/b23-20+/t37-,38+,44?/m0/s1. The van der Waals surface area contributed by atoms with Crippen molar-refractivity contribution in [1.29, 1.82) is 0 Å². The van der Waals surface area contributed by atoms with Crippen molar-refractivity contribution < 1.29 is 32.8 Å². The molecule has 0 bridgehead atoms. The molecule has 2 aliphatic rings. The van der Waals surface area contributed by atoms with Crippen molar-refractivity contribution >= 4 is 46.6 Å². The van der Waals surface area contributed by atoms with Gasteiger partial charge in [-0.3, -0.25) is 34.2 Å². The second-order valence-electron chi connectivity index (χ2n) is 15.8. The molecule has 3 atom stereocenters. The molecule has 12 heteroatoms. The molecule has 0 saturated carbocycles. The van der Waals surface area contributed by atoms with Gasteiger partial charge in [-0.15, -0.1) is 0 Å². The van der Waals surface area contributed by atoms with Crippen molar-refractivity contribution in [1.82, 2.24) is 20.4 Å². The zero-order valence-corrected chi connectivity index (χ0v) is 34.7. The van der Waals surface area contributed by atoms with Gasteiger partial charge in [-0.25, -0.2) is 8.78 Å². The van der Waals surface area contributed by atoms with Gasteiger partial charge < -0.3 is 10.2 Å². The van der Waals surface area contributed by atoms with Crippen molar-refractivity contribution in [2.24, 2.45) is 5.92 Å². The van der Waals surface area contributed by atoms with Crippen LogP contribution in [0.25, 0.3) is 17.2 Å². The number of hydrogen-bond donors (Lipinski definition) is 2. The van der Waals surface area contributed by atoms with Crippen LogP contribution in [0.15, 0.2) is 127 Å². The Balaban J connectivity index is 1.12. The molecule has 0 aliphatic carbocycles. The second kappa shape index (κ2) is 19.4. The van der Waals surface area contributed by atoms with Gasteiger partial charge in [0.15, 0.2) is 5.78 Å². The Bertz CT molecular complexity index is 2460. The minimum Gasteiger partial charge on any atom is -0.350 e. The molecule has 2 fully saturated rings. The largest absolute Gasteiger partial charge is 0.350 e. The van der Waals surface area contributed by atoms with E-state index in [0.717, 1.165) is 58.3 Å². The number of hydrogen-bond acceptors (Lipinski definition) is 7. The molecule has 312 valence electrons. The SMILES string of the molecule is CC(C)CN(Cc1ccccc1-c1ccccc1)[C@@H]1C[C@@H](CNC(=O)/C=C/c2ccc(CC3SC(=O)NC3=O)cc2)N(C(=O)c2ccccc2C(=O)c2ccc(F)cc2F)C1. The summed E-state index contributed by atoms with van der Waals surface area (Å²) in [4.78, 5) is 69.4. The first-order chi connectivity index (χ1) is 29.4. The number of amides is 4. The predicted molar refractivity (Wildman–Crippen MR) is 234 cm³/mol. The molecule has 5 aromatic rings. The van der Waals surface area contributed by atoms with E-state index in [2.05, 4.69) is 53.6 Å². The molecular weight excluding hydrogens is 795 g/mol. The molecule has 2 aliphatic heterocycles. The fraction of sp³-hybridized carbons (Fsp3) is 0.245. The minimum absolute atomic E-state index is 0.00669. The van der Waals surface area contributed by atoms with Crippen molar-refractivity contribution in [3.05, 3.63) is 172 Å². The van der Waals surface area contributed by atoms with Crippen LogP contribution in [0, 0.1) is 17.6 Å². The fourth-order valence-electron chi connectivity index (χ4n) is 7.98. The Morgan fingerprint density at radius 1 is 0.869 bits per heavy atom. The van der Waals surface area contributed by atoms with E-state index in [1.807, 2.05) is 54.6 Å². The topological polar surface area (TPSA) is 116 Å². The molecular formula is C49H46F2N4O5S. The Kier molecular flexibility index (Phi) is 13.7. The maximum Gasteiger partial charge on any atom is 0.286 e. The zero-order valence-electron chi connectivity index (χ0n) is 33.9. The first-order valence-electron chi connectivity index (χ1n) is 20.3. The number of halogens is 2. The van der Waals surface area contributed by atoms with E-state index in [4.69, 9.17) is 0 Å². The van der Waals surface area contributed by atoms with Gasteiger partial charge in [0, 0.05) is 49.9 Å². The van der Waals surface area contributed by atoms with E-state index in [1.54, 1.807) is 23.1 Å². The second-order valence-corrected chi connectivity index (χ2v) is 16.9. The van der Waals surface area contributed by atoms with Crippen LogP contribution in [-0.4, -0.2) is 75.5 Å². The van der Waals surface area contributed by atoms with Gasteiger partial charge in [-0.2, -0.15) is 0 Å². The molecule has 2 saturated heterocycles. The van der Waals surface area contributed by atoms with E-state index < -0.39 is 34.6 Å². The summed E-state index contributed by atoms with van der Waals surface area (Å²) in [5.74, 6) is -3.39. The normalized spacial score (nSPS) is 17.7. The highest BCUT2D eigenvalue weighted by Gasteiger charge is 2.40. The van der Waals surface area contributed by atoms with Crippen LogP contribution >= 0.6 is 11.8 Å². The molecule has 61 heavy (non-hydrogen) atoms. The van der Waals surface area contributed by atoms with Crippen molar-refractivity contribution in [2.75, 3.05) is 19.6 Å². The van der Waals surface area contributed by atoms with Gasteiger partial charge in [-0.1, -0.05) is 123 Å². The van der Waals surface area contributed by atoms with E-state index >= 15 is 0 Å². The third-order valence-corrected chi connectivity index (χ3v) is 11.9. The average molecular weight is 841 g/mol. The minimum atomic E-state index is -1.02. The third-order valence-electron chi connectivity index (χ3n) is 10.9. The van der Waals surface area contributed by atoms with Crippen LogP contribution < -0.4 is 10.6 Å². The molecule has 5 aromatic carbocycles. The first kappa shape index (κ1) is 42.9. The van der Waals surface area contributed by atoms with Crippen molar-refractivity contribution in [3.63, 3.8) is 0 Å². The average Bonchev–Trinajstić information content (AvgIpc) is 3.83. The first-order valence-corrected chi connectivity index (χ1v) is 21.1. The third kappa shape index (κ3) is 10.6. The van der Waals surface area contributed by atoms with E-state index in [9.17, 15) is 32.8 Å². The molecule has 1 unspecified atom stereocenters. The van der Waals surface area contributed by atoms with Gasteiger partial charge in [-0.05, 0) is 70.9 Å². The number of rotatable bonds is 15. The number of likely N-dealkylation sites (tertiary alicyclic amines) is 1.